The van der Waals surface area contributed by atoms with Gasteiger partial charge in [0.25, 0.3) is 0 Å². The van der Waals surface area contributed by atoms with Gasteiger partial charge in [-0.05, 0) is 35.4 Å². The maximum atomic E-state index is 13.1. The molecule has 136 valence electrons. The van der Waals surface area contributed by atoms with Gasteiger partial charge in [0.1, 0.15) is 11.4 Å². The molecule has 0 unspecified atom stereocenters. The molecule has 0 spiro atoms. The van der Waals surface area contributed by atoms with Crippen molar-refractivity contribution >= 4 is 23.7 Å². The number of nitrogens with zero attached hydrogens (tertiary/aromatic N) is 1. The monoisotopic (exact) mass is 357 g/mol. The van der Waals surface area contributed by atoms with Crippen LogP contribution in [0.15, 0.2) is 54.1 Å². The number of para-hydroxylation sites is 1. The highest BCUT2D eigenvalue weighted by Gasteiger charge is 2.20. The van der Waals surface area contributed by atoms with E-state index >= 15 is 0 Å². The number of rotatable bonds is 6. The summed E-state index contributed by atoms with van der Waals surface area (Å²) < 4.78 is 22.4. The van der Waals surface area contributed by atoms with Crippen LogP contribution in [-0.2, 0) is 25.6 Å². The van der Waals surface area contributed by atoms with Crippen LogP contribution in [0.4, 0.5) is 10.1 Å². The van der Waals surface area contributed by atoms with Crippen LogP contribution < -0.4 is 4.90 Å². The van der Waals surface area contributed by atoms with E-state index in [9.17, 15) is 14.0 Å². The first-order valence-corrected chi connectivity index (χ1v) is 7.89. The van der Waals surface area contributed by atoms with Crippen molar-refractivity contribution in [3.05, 3.63) is 71.0 Å². The van der Waals surface area contributed by atoms with Crippen LogP contribution in [0.1, 0.15) is 11.1 Å². The fraction of sp³-hybridized carbons (Fsp3) is 0.200. The first-order valence-electron chi connectivity index (χ1n) is 7.89. The number of carbonyl (C=O) groups is 2. The molecule has 0 bridgehead atoms. The molecule has 0 aliphatic carbocycles. The van der Waals surface area contributed by atoms with Crippen LogP contribution in [0.25, 0.3) is 6.08 Å². The van der Waals surface area contributed by atoms with Crippen molar-refractivity contribution in [2.45, 2.75) is 6.54 Å². The molecule has 0 fully saturated rings. The predicted molar refractivity (Wildman–Crippen MR) is 97.0 cm³/mol. The lowest BCUT2D eigenvalue weighted by atomic mass is 10.1. The lowest BCUT2D eigenvalue weighted by molar-refractivity contribution is -0.143. The van der Waals surface area contributed by atoms with Crippen molar-refractivity contribution in [2.75, 3.05) is 26.2 Å². The molecule has 2 aromatic carbocycles. The molecule has 0 aliphatic rings. The Labute approximate surface area is 151 Å². The van der Waals surface area contributed by atoms with Gasteiger partial charge in [0.05, 0.1) is 14.2 Å². The van der Waals surface area contributed by atoms with Gasteiger partial charge >= 0.3 is 11.9 Å². The van der Waals surface area contributed by atoms with E-state index in [2.05, 4.69) is 9.47 Å². The number of benzene rings is 2. The van der Waals surface area contributed by atoms with Gasteiger partial charge in [-0.1, -0.05) is 30.3 Å². The van der Waals surface area contributed by atoms with Crippen LogP contribution >= 0.6 is 0 Å². The van der Waals surface area contributed by atoms with Crippen LogP contribution in [0.2, 0.25) is 0 Å². The molecule has 26 heavy (non-hydrogen) atoms. The maximum absolute atomic E-state index is 13.1. The zero-order chi connectivity index (χ0) is 19.1. The zero-order valence-electron chi connectivity index (χ0n) is 14.9. The van der Waals surface area contributed by atoms with Crippen LogP contribution in [0.5, 0.6) is 0 Å². The number of methoxy groups -OCH3 is 2. The lowest BCUT2D eigenvalue weighted by Gasteiger charge is -2.22. The molecule has 0 saturated heterocycles. The topological polar surface area (TPSA) is 55.8 Å². The summed E-state index contributed by atoms with van der Waals surface area (Å²) in [6.45, 7) is 0.525. The molecule has 0 aliphatic heterocycles. The summed E-state index contributed by atoms with van der Waals surface area (Å²) >= 11 is 0. The summed E-state index contributed by atoms with van der Waals surface area (Å²) in [4.78, 5) is 25.7. The van der Waals surface area contributed by atoms with Crippen LogP contribution in [0, 0.1) is 5.82 Å². The number of hydrogen-bond acceptors (Lipinski definition) is 5. The van der Waals surface area contributed by atoms with Gasteiger partial charge < -0.3 is 14.4 Å². The standard InChI is InChI=1S/C20H20FNO4/c1-22(13-14-8-10-16(21)11-9-14)18-7-5-4-6-15(18)12-17(19(23)25-2)20(24)26-3/h4-12H,13H2,1-3H3. The van der Waals surface area contributed by atoms with E-state index in [0.717, 1.165) is 11.3 Å². The van der Waals surface area contributed by atoms with Gasteiger partial charge in [-0.2, -0.15) is 0 Å². The van der Waals surface area contributed by atoms with Crippen molar-refractivity contribution in [2.24, 2.45) is 0 Å². The Kier molecular flexibility index (Phi) is 6.49. The normalized spacial score (nSPS) is 10.0. The van der Waals surface area contributed by atoms with Gasteiger partial charge in [0, 0.05) is 19.3 Å². The Morgan fingerprint density at radius 3 is 2.15 bits per heavy atom. The molecule has 2 rings (SSSR count). The third-order valence-electron chi connectivity index (χ3n) is 3.79. The highest BCUT2D eigenvalue weighted by Crippen LogP contribution is 2.24. The van der Waals surface area contributed by atoms with Crippen LogP contribution in [-0.4, -0.2) is 33.2 Å². The molecular weight excluding hydrogens is 337 g/mol. The minimum atomic E-state index is -0.771. The van der Waals surface area contributed by atoms with E-state index < -0.39 is 11.9 Å². The third-order valence-corrected chi connectivity index (χ3v) is 3.79. The van der Waals surface area contributed by atoms with E-state index in [1.165, 1.54) is 32.4 Å². The van der Waals surface area contributed by atoms with Crippen LogP contribution in [0.3, 0.4) is 0 Å². The van der Waals surface area contributed by atoms with E-state index in [1.54, 1.807) is 24.3 Å². The number of esters is 2. The summed E-state index contributed by atoms with van der Waals surface area (Å²) in [5.41, 5.74) is 2.18. The molecule has 6 heteroatoms. The first-order chi connectivity index (χ1) is 12.5. The quantitative estimate of drug-likeness (QED) is 0.344. The number of carbonyl (C=O) groups excluding carboxylic acids is 2. The molecule has 0 aromatic heterocycles. The van der Waals surface area contributed by atoms with E-state index in [4.69, 9.17) is 0 Å². The van der Waals surface area contributed by atoms with Crippen molar-refractivity contribution < 1.29 is 23.5 Å². The van der Waals surface area contributed by atoms with Crippen molar-refractivity contribution in [1.29, 1.82) is 0 Å². The number of anilines is 1. The lowest BCUT2D eigenvalue weighted by Crippen LogP contribution is -2.18. The Bertz CT molecular complexity index is 797. The predicted octanol–water partition coefficient (Wildman–Crippen LogP) is 3.19. The third kappa shape index (κ3) is 4.69. The second-order valence-corrected chi connectivity index (χ2v) is 5.58. The Morgan fingerprint density at radius 2 is 1.58 bits per heavy atom. The highest BCUT2D eigenvalue weighted by molar-refractivity contribution is 6.18. The second kappa shape index (κ2) is 8.80. The SMILES string of the molecule is COC(=O)C(=Cc1ccccc1N(C)Cc1ccc(F)cc1)C(=O)OC. The number of hydrogen-bond donors (Lipinski definition) is 0. The average molecular weight is 357 g/mol. The molecule has 2 aromatic rings. The summed E-state index contributed by atoms with van der Waals surface area (Å²) in [5, 5.41) is 0. The minimum absolute atomic E-state index is 0.197. The summed E-state index contributed by atoms with van der Waals surface area (Å²) in [6.07, 6.45) is 1.44. The zero-order valence-corrected chi connectivity index (χ0v) is 14.9. The van der Waals surface area contributed by atoms with Crippen molar-refractivity contribution in [3.8, 4) is 0 Å². The Balaban J connectivity index is 2.36. The van der Waals surface area contributed by atoms with Gasteiger partial charge in [0.15, 0.2) is 0 Å². The Morgan fingerprint density at radius 1 is 1.00 bits per heavy atom. The second-order valence-electron chi connectivity index (χ2n) is 5.58. The first kappa shape index (κ1) is 19.2. The summed E-state index contributed by atoms with van der Waals surface area (Å²) in [5.74, 6) is -1.83. The number of halogens is 1. The fourth-order valence-electron chi connectivity index (χ4n) is 2.48. The van der Waals surface area contributed by atoms with Gasteiger partial charge in [-0.3, -0.25) is 0 Å². The highest BCUT2D eigenvalue weighted by atomic mass is 19.1. The molecule has 0 atom stereocenters. The molecule has 0 radical (unpaired) electrons. The van der Waals surface area contributed by atoms with Gasteiger partial charge in [-0.25, -0.2) is 14.0 Å². The van der Waals surface area contributed by atoms with Gasteiger partial charge in [-0.15, -0.1) is 0 Å². The van der Waals surface area contributed by atoms with E-state index in [0.29, 0.717) is 12.1 Å². The molecule has 0 amide bonds. The summed E-state index contributed by atoms with van der Waals surface area (Å²) in [6, 6.07) is 13.5. The Hall–Kier alpha value is -3.15. The molecule has 5 nitrogen and oxygen atoms in total. The van der Waals surface area contributed by atoms with Gasteiger partial charge in [0.2, 0.25) is 0 Å². The largest absolute Gasteiger partial charge is 0.465 e. The fourth-order valence-corrected chi connectivity index (χ4v) is 2.48. The smallest absolute Gasteiger partial charge is 0.345 e. The van der Waals surface area contributed by atoms with Crippen molar-refractivity contribution in [1.82, 2.24) is 0 Å². The van der Waals surface area contributed by atoms with E-state index in [-0.39, 0.29) is 11.4 Å². The maximum Gasteiger partial charge on any atom is 0.345 e. The average Bonchev–Trinajstić information content (AvgIpc) is 2.67. The minimum Gasteiger partial charge on any atom is -0.465 e. The molecular formula is C20H20FNO4. The molecule has 0 N–H and O–H groups in total. The molecule has 0 heterocycles. The summed E-state index contributed by atoms with van der Waals surface area (Å²) in [7, 11) is 4.27. The molecule has 0 saturated carbocycles. The number of ether oxygens (including phenoxy) is 2. The van der Waals surface area contributed by atoms with E-state index in [1.807, 2.05) is 24.1 Å². The van der Waals surface area contributed by atoms with Crippen molar-refractivity contribution in [3.63, 3.8) is 0 Å².